The van der Waals surface area contributed by atoms with Crippen LogP contribution in [0, 0.1) is 6.92 Å². The molecular formula is C30H40N2O7. The van der Waals surface area contributed by atoms with Gasteiger partial charge in [-0.05, 0) is 85.1 Å². The molecule has 0 spiro atoms. The second kappa shape index (κ2) is 11.6. The van der Waals surface area contributed by atoms with Gasteiger partial charge in [-0.2, -0.15) is 0 Å². The normalized spacial score (nSPS) is 15.5. The molecule has 0 bridgehead atoms. The van der Waals surface area contributed by atoms with Crippen molar-refractivity contribution >= 4 is 23.9 Å². The smallest absolute Gasteiger partial charge is 0.444 e. The molecular weight excluding hydrogens is 500 g/mol. The largest absolute Gasteiger partial charge is 0.514 e. The van der Waals surface area contributed by atoms with Crippen molar-refractivity contribution in [1.82, 2.24) is 4.90 Å². The van der Waals surface area contributed by atoms with Crippen LogP contribution in [-0.2, 0) is 9.47 Å². The maximum Gasteiger partial charge on any atom is 0.514 e. The molecule has 212 valence electrons. The van der Waals surface area contributed by atoms with Gasteiger partial charge in [0.05, 0.1) is 6.04 Å². The minimum absolute atomic E-state index is 0.000630. The van der Waals surface area contributed by atoms with E-state index in [1.165, 1.54) is 0 Å². The minimum Gasteiger partial charge on any atom is -0.444 e. The Balaban J connectivity index is 2.15. The van der Waals surface area contributed by atoms with Crippen LogP contribution in [0.15, 0.2) is 36.4 Å². The van der Waals surface area contributed by atoms with Crippen LogP contribution in [0.4, 0.5) is 15.3 Å². The molecule has 0 aliphatic carbocycles. The fourth-order valence-electron chi connectivity index (χ4n) is 4.62. The summed E-state index contributed by atoms with van der Waals surface area (Å²) in [5.74, 6) is -0.325. The average molecular weight is 541 g/mol. The summed E-state index contributed by atoms with van der Waals surface area (Å²) in [6, 6.07) is 9.95. The van der Waals surface area contributed by atoms with E-state index in [1.807, 2.05) is 45.8 Å². The first-order valence-electron chi connectivity index (χ1n) is 13.1. The molecule has 1 aliphatic rings. The Morgan fingerprint density at radius 2 is 1.54 bits per heavy atom. The summed E-state index contributed by atoms with van der Waals surface area (Å²) in [5, 5.41) is 0. The maximum absolute atomic E-state index is 13.5. The Morgan fingerprint density at radius 3 is 2.10 bits per heavy atom. The van der Waals surface area contributed by atoms with E-state index in [0.717, 1.165) is 17.7 Å². The molecule has 1 unspecified atom stereocenters. The van der Waals surface area contributed by atoms with Crippen LogP contribution in [0.1, 0.15) is 81.9 Å². The summed E-state index contributed by atoms with van der Waals surface area (Å²) in [6.45, 7) is 12.9. The van der Waals surface area contributed by atoms with Gasteiger partial charge in [-0.15, -0.1) is 0 Å². The third-order valence-electron chi connectivity index (χ3n) is 5.96. The van der Waals surface area contributed by atoms with E-state index >= 15 is 0 Å². The monoisotopic (exact) mass is 540 g/mol. The Kier molecular flexibility index (Phi) is 8.83. The standard InChI is InChI=1S/C30H40N2O7/c1-19-24(26(33)36-20-14-11-10-12-15-20)23(37-28(35)39-30(5,6)7)18-21(25(19)31(8)9)22-16-13-17-32(22)27(34)38-29(2,3)4/h10-12,14-15,18,22H,13,16-17H2,1-9H3. The molecule has 2 aromatic rings. The first-order chi connectivity index (χ1) is 18.1. The zero-order valence-corrected chi connectivity index (χ0v) is 24.4. The van der Waals surface area contributed by atoms with Crippen molar-refractivity contribution in [3.8, 4) is 11.5 Å². The summed E-state index contributed by atoms with van der Waals surface area (Å²) >= 11 is 0. The summed E-state index contributed by atoms with van der Waals surface area (Å²) in [4.78, 5) is 43.0. The molecule has 1 atom stereocenters. The Hall–Kier alpha value is -3.75. The van der Waals surface area contributed by atoms with Crippen molar-refractivity contribution in [2.24, 2.45) is 0 Å². The number of ether oxygens (including phenoxy) is 4. The molecule has 1 aliphatic heterocycles. The van der Waals surface area contributed by atoms with Crippen LogP contribution in [0.2, 0.25) is 0 Å². The molecule has 2 aromatic carbocycles. The number of carbonyl (C=O) groups excluding carboxylic acids is 3. The number of hydrogen-bond donors (Lipinski definition) is 0. The number of esters is 1. The number of rotatable bonds is 5. The van der Waals surface area contributed by atoms with Crippen molar-refractivity contribution in [2.45, 2.75) is 78.6 Å². The van der Waals surface area contributed by atoms with Gasteiger partial charge in [0.1, 0.15) is 28.3 Å². The first kappa shape index (κ1) is 29.8. The number of para-hydroxylation sites is 1. The van der Waals surface area contributed by atoms with Crippen LogP contribution in [0.5, 0.6) is 11.5 Å². The lowest BCUT2D eigenvalue weighted by molar-refractivity contribution is 0.0191. The second-order valence-corrected chi connectivity index (χ2v) is 11.8. The topological polar surface area (TPSA) is 94.6 Å². The molecule has 0 saturated carbocycles. The van der Waals surface area contributed by atoms with Crippen LogP contribution < -0.4 is 14.4 Å². The number of benzene rings is 2. The highest BCUT2D eigenvalue weighted by Crippen LogP contribution is 2.43. The number of amides is 1. The predicted molar refractivity (Wildman–Crippen MR) is 149 cm³/mol. The molecule has 3 rings (SSSR count). The van der Waals surface area contributed by atoms with E-state index in [2.05, 4.69) is 0 Å². The van der Waals surface area contributed by atoms with E-state index in [1.54, 1.807) is 62.9 Å². The molecule has 9 heteroatoms. The van der Waals surface area contributed by atoms with Gasteiger partial charge in [0.2, 0.25) is 0 Å². The van der Waals surface area contributed by atoms with Crippen molar-refractivity contribution in [3.63, 3.8) is 0 Å². The van der Waals surface area contributed by atoms with Gasteiger partial charge in [-0.1, -0.05) is 18.2 Å². The Labute approximate surface area is 231 Å². The number of carbonyl (C=O) groups is 3. The summed E-state index contributed by atoms with van der Waals surface area (Å²) < 4.78 is 22.4. The summed E-state index contributed by atoms with van der Waals surface area (Å²) in [5.41, 5.74) is 0.651. The predicted octanol–water partition coefficient (Wildman–Crippen LogP) is 6.67. The van der Waals surface area contributed by atoms with Crippen molar-refractivity contribution in [2.75, 3.05) is 25.5 Å². The van der Waals surface area contributed by atoms with Gasteiger partial charge in [0.15, 0.2) is 0 Å². The number of hydrogen-bond acceptors (Lipinski definition) is 8. The number of nitrogens with zero attached hydrogens (tertiary/aromatic N) is 2. The fourth-order valence-corrected chi connectivity index (χ4v) is 4.62. The molecule has 0 radical (unpaired) electrons. The third-order valence-corrected chi connectivity index (χ3v) is 5.96. The van der Waals surface area contributed by atoms with E-state index < -0.39 is 29.4 Å². The first-order valence-corrected chi connectivity index (χ1v) is 13.1. The van der Waals surface area contributed by atoms with E-state index in [9.17, 15) is 14.4 Å². The van der Waals surface area contributed by atoms with Gasteiger partial charge in [0.25, 0.3) is 0 Å². The SMILES string of the molecule is Cc1c(C(=O)Oc2ccccc2)c(OC(=O)OC(C)(C)C)cc(C2CCCN2C(=O)OC(C)(C)C)c1N(C)C. The molecule has 1 amide bonds. The lowest BCUT2D eigenvalue weighted by Crippen LogP contribution is -2.37. The quantitative estimate of drug-likeness (QED) is 0.236. The summed E-state index contributed by atoms with van der Waals surface area (Å²) in [7, 11) is 3.72. The highest BCUT2D eigenvalue weighted by molar-refractivity contribution is 5.98. The zero-order valence-electron chi connectivity index (χ0n) is 24.4. The molecule has 1 fully saturated rings. The van der Waals surface area contributed by atoms with Gasteiger partial charge in [-0.25, -0.2) is 14.4 Å². The van der Waals surface area contributed by atoms with Crippen LogP contribution >= 0.6 is 0 Å². The van der Waals surface area contributed by atoms with E-state index in [-0.39, 0.29) is 17.4 Å². The van der Waals surface area contributed by atoms with Crippen LogP contribution in [-0.4, -0.2) is 55.0 Å². The highest BCUT2D eigenvalue weighted by Gasteiger charge is 2.37. The molecule has 39 heavy (non-hydrogen) atoms. The van der Waals surface area contributed by atoms with Crippen molar-refractivity contribution < 1.29 is 33.3 Å². The molecule has 1 heterocycles. The number of anilines is 1. The molecule has 0 aromatic heterocycles. The third kappa shape index (κ3) is 7.65. The number of likely N-dealkylation sites (tertiary alicyclic amines) is 1. The minimum atomic E-state index is -0.949. The molecule has 9 nitrogen and oxygen atoms in total. The Morgan fingerprint density at radius 1 is 0.923 bits per heavy atom. The summed E-state index contributed by atoms with van der Waals surface area (Å²) in [6.07, 6.45) is 0.0823. The van der Waals surface area contributed by atoms with E-state index in [0.29, 0.717) is 24.3 Å². The lowest BCUT2D eigenvalue weighted by atomic mass is 9.94. The van der Waals surface area contributed by atoms with Gasteiger partial charge < -0.3 is 28.7 Å². The fraction of sp³-hybridized carbons (Fsp3) is 0.500. The van der Waals surface area contributed by atoms with Crippen LogP contribution in [0.3, 0.4) is 0 Å². The Bertz CT molecular complexity index is 1210. The van der Waals surface area contributed by atoms with Gasteiger partial charge >= 0.3 is 18.2 Å². The maximum atomic E-state index is 13.5. The van der Waals surface area contributed by atoms with Gasteiger partial charge in [0, 0.05) is 31.9 Å². The van der Waals surface area contributed by atoms with E-state index in [4.69, 9.17) is 18.9 Å². The van der Waals surface area contributed by atoms with Crippen molar-refractivity contribution in [1.29, 1.82) is 0 Å². The lowest BCUT2D eigenvalue weighted by Gasteiger charge is -2.32. The van der Waals surface area contributed by atoms with Crippen LogP contribution in [0.25, 0.3) is 0 Å². The highest BCUT2D eigenvalue weighted by atomic mass is 16.7. The van der Waals surface area contributed by atoms with Gasteiger partial charge in [-0.3, -0.25) is 0 Å². The average Bonchev–Trinajstić information content (AvgIpc) is 3.26. The second-order valence-electron chi connectivity index (χ2n) is 11.8. The molecule has 0 N–H and O–H groups in total. The molecule has 1 saturated heterocycles. The van der Waals surface area contributed by atoms with Crippen molar-refractivity contribution in [3.05, 3.63) is 53.1 Å². The zero-order chi connectivity index (χ0) is 29.1.